The summed E-state index contributed by atoms with van der Waals surface area (Å²) >= 11 is 0. The van der Waals surface area contributed by atoms with Crippen LogP contribution in [0.1, 0.15) is 11.1 Å². The van der Waals surface area contributed by atoms with Crippen molar-refractivity contribution in [1.29, 1.82) is 0 Å². The van der Waals surface area contributed by atoms with Gasteiger partial charge in [-0.2, -0.15) is 0 Å². The minimum Gasteiger partial charge on any atom is -0.317 e. The quantitative estimate of drug-likeness (QED) is 0.570. The van der Waals surface area contributed by atoms with E-state index in [2.05, 4.69) is 0 Å². The number of nitrogens with zero attached hydrogens (tertiary/aromatic N) is 1. The van der Waals surface area contributed by atoms with E-state index in [1.54, 1.807) is 11.1 Å². The van der Waals surface area contributed by atoms with Gasteiger partial charge in [0.1, 0.15) is 0 Å². The molecule has 2 heteroatoms. The van der Waals surface area contributed by atoms with E-state index >= 15 is 0 Å². The molecule has 12 heavy (non-hydrogen) atoms. The molecule has 2 nitrogen and oxygen atoms in total. The Bertz CT molecular complexity index is 330. The molecule has 0 atom stereocenters. The van der Waals surface area contributed by atoms with Crippen molar-refractivity contribution in [3.63, 3.8) is 0 Å². The molecule has 1 aromatic rings. The number of hydrogen-bond donors (Lipinski definition) is 0. The van der Waals surface area contributed by atoms with E-state index in [9.17, 15) is 4.79 Å². The molecule has 1 amide bonds. The van der Waals surface area contributed by atoms with Crippen LogP contribution in [0.5, 0.6) is 0 Å². The summed E-state index contributed by atoms with van der Waals surface area (Å²) in [4.78, 5) is 12.1. The largest absolute Gasteiger partial charge is 0.317 e. The van der Waals surface area contributed by atoms with Crippen LogP contribution in [0.15, 0.2) is 30.5 Å². The highest BCUT2D eigenvalue weighted by Crippen LogP contribution is 2.17. The fourth-order valence-electron chi connectivity index (χ4n) is 1.34. The fourth-order valence-corrected chi connectivity index (χ4v) is 1.34. The fraction of sp³-hybridized carbons (Fsp3) is 0.100. The normalized spacial score (nSPS) is 14.2. The molecule has 1 heterocycles. The SMILES string of the molecule is O=CN1C=Cc2ccccc2C1. The zero-order valence-corrected chi connectivity index (χ0v) is 6.60. The van der Waals surface area contributed by atoms with Gasteiger partial charge in [-0.3, -0.25) is 4.79 Å². The van der Waals surface area contributed by atoms with Gasteiger partial charge >= 0.3 is 0 Å². The summed E-state index contributed by atoms with van der Waals surface area (Å²) in [7, 11) is 0. The second kappa shape index (κ2) is 2.81. The van der Waals surface area contributed by atoms with E-state index in [-0.39, 0.29) is 0 Å². The zero-order valence-electron chi connectivity index (χ0n) is 6.60. The highest BCUT2D eigenvalue weighted by molar-refractivity contribution is 5.61. The Hall–Kier alpha value is -1.57. The number of fused-ring (bicyclic) bond motifs is 1. The molecule has 0 spiro atoms. The van der Waals surface area contributed by atoms with Gasteiger partial charge in [-0.05, 0) is 17.2 Å². The van der Waals surface area contributed by atoms with Crippen molar-refractivity contribution in [1.82, 2.24) is 4.90 Å². The van der Waals surface area contributed by atoms with Crippen molar-refractivity contribution >= 4 is 12.5 Å². The Morgan fingerprint density at radius 1 is 1.33 bits per heavy atom. The predicted molar refractivity (Wildman–Crippen MR) is 47.1 cm³/mol. The van der Waals surface area contributed by atoms with Crippen LogP contribution in [0.4, 0.5) is 0 Å². The summed E-state index contributed by atoms with van der Waals surface area (Å²) in [6.45, 7) is 0.691. The average Bonchev–Trinajstić information content (AvgIpc) is 2.17. The van der Waals surface area contributed by atoms with E-state index in [0.717, 1.165) is 6.41 Å². The summed E-state index contributed by atoms with van der Waals surface area (Å²) in [5.74, 6) is 0. The first-order chi connectivity index (χ1) is 5.90. The van der Waals surface area contributed by atoms with Gasteiger partial charge in [-0.15, -0.1) is 0 Å². The first kappa shape index (κ1) is 7.10. The van der Waals surface area contributed by atoms with Gasteiger partial charge in [0.25, 0.3) is 0 Å². The highest BCUT2D eigenvalue weighted by Gasteiger charge is 2.07. The maximum atomic E-state index is 10.4. The molecule has 1 aliphatic rings. The molecule has 0 aliphatic carbocycles. The average molecular weight is 159 g/mol. The van der Waals surface area contributed by atoms with Crippen molar-refractivity contribution in [2.24, 2.45) is 0 Å². The maximum Gasteiger partial charge on any atom is 0.213 e. The maximum absolute atomic E-state index is 10.4. The Labute approximate surface area is 71.1 Å². The first-order valence-electron chi connectivity index (χ1n) is 3.87. The third-order valence-electron chi connectivity index (χ3n) is 1.99. The zero-order chi connectivity index (χ0) is 8.39. The van der Waals surface area contributed by atoms with E-state index in [0.29, 0.717) is 6.54 Å². The first-order valence-corrected chi connectivity index (χ1v) is 3.87. The van der Waals surface area contributed by atoms with Gasteiger partial charge < -0.3 is 4.90 Å². The summed E-state index contributed by atoms with van der Waals surface area (Å²) < 4.78 is 0. The van der Waals surface area contributed by atoms with Crippen molar-refractivity contribution in [2.75, 3.05) is 0 Å². The molecule has 2 rings (SSSR count). The number of hydrogen-bond acceptors (Lipinski definition) is 1. The third kappa shape index (κ3) is 1.11. The Kier molecular flexibility index (Phi) is 1.67. The molecule has 0 bridgehead atoms. The lowest BCUT2D eigenvalue weighted by molar-refractivity contribution is -0.116. The molecule has 0 aromatic heterocycles. The minimum absolute atomic E-state index is 0.691. The number of benzene rings is 1. The smallest absolute Gasteiger partial charge is 0.213 e. The number of rotatable bonds is 1. The van der Waals surface area contributed by atoms with Gasteiger partial charge in [-0.1, -0.05) is 24.3 Å². The van der Waals surface area contributed by atoms with Crippen LogP contribution < -0.4 is 0 Å². The molecule has 60 valence electrons. The second-order valence-electron chi connectivity index (χ2n) is 2.79. The van der Waals surface area contributed by atoms with Crippen molar-refractivity contribution in [3.8, 4) is 0 Å². The Balaban J connectivity index is 2.39. The van der Waals surface area contributed by atoms with Crippen LogP contribution in [0, 0.1) is 0 Å². The predicted octanol–water partition coefficient (Wildman–Crippen LogP) is 1.63. The van der Waals surface area contributed by atoms with Gasteiger partial charge in [0, 0.05) is 6.20 Å². The standard InChI is InChI=1S/C10H9NO/c12-8-11-6-5-9-3-1-2-4-10(9)7-11/h1-6,8H,7H2. The van der Waals surface area contributed by atoms with Gasteiger partial charge in [0.05, 0.1) is 6.54 Å². The van der Waals surface area contributed by atoms with E-state index in [4.69, 9.17) is 0 Å². The molecular weight excluding hydrogens is 150 g/mol. The lowest BCUT2D eigenvalue weighted by Crippen LogP contribution is -2.17. The number of carbonyl (C=O) groups is 1. The molecule has 1 aliphatic heterocycles. The van der Waals surface area contributed by atoms with Gasteiger partial charge in [0.2, 0.25) is 6.41 Å². The molecule has 0 saturated carbocycles. The number of carbonyl (C=O) groups excluding carboxylic acids is 1. The molecular formula is C10H9NO. The third-order valence-corrected chi connectivity index (χ3v) is 1.99. The van der Waals surface area contributed by atoms with Crippen molar-refractivity contribution < 1.29 is 4.79 Å². The lowest BCUT2D eigenvalue weighted by atomic mass is 10.1. The van der Waals surface area contributed by atoms with E-state index in [1.165, 1.54) is 11.1 Å². The second-order valence-corrected chi connectivity index (χ2v) is 2.79. The van der Waals surface area contributed by atoms with Crippen LogP contribution >= 0.6 is 0 Å². The van der Waals surface area contributed by atoms with Crippen LogP contribution in [-0.4, -0.2) is 11.3 Å². The van der Waals surface area contributed by atoms with Crippen molar-refractivity contribution in [3.05, 3.63) is 41.6 Å². The molecule has 1 aromatic carbocycles. The monoisotopic (exact) mass is 159 g/mol. The van der Waals surface area contributed by atoms with E-state index in [1.807, 2.05) is 30.3 Å². The van der Waals surface area contributed by atoms with Gasteiger partial charge in [0.15, 0.2) is 0 Å². The van der Waals surface area contributed by atoms with Crippen molar-refractivity contribution in [2.45, 2.75) is 6.54 Å². The highest BCUT2D eigenvalue weighted by atomic mass is 16.1. The molecule has 0 unspecified atom stereocenters. The van der Waals surface area contributed by atoms with E-state index < -0.39 is 0 Å². The lowest BCUT2D eigenvalue weighted by Gasteiger charge is -2.18. The van der Waals surface area contributed by atoms with Crippen LogP contribution in [-0.2, 0) is 11.3 Å². The molecule has 0 fully saturated rings. The van der Waals surface area contributed by atoms with Crippen LogP contribution in [0.3, 0.4) is 0 Å². The Morgan fingerprint density at radius 2 is 2.17 bits per heavy atom. The molecule has 0 N–H and O–H groups in total. The Morgan fingerprint density at radius 3 is 3.00 bits per heavy atom. The minimum atomic E-state index is 0.691. The van der Waals surface area contributed by atoms with Crippen LogP contribution in [0.25, 0.3) is 6.08 Å². The molecule has 0 radical (unpaired) electrons. The summed E-state index contributed by atoms with van der Waals surface area (Å²) in [5.41, 5.74) is 2.41. The summed E-state index contributed by atoms with van der Waals surface area (Å²) in [6, 6.07) is 8.07. The number of amides is 1. The topological polar surface area (TPSA) is 20.3 Å². The summed E-state index contributed by atoms with van der Waals surface area (Å²) in [5, 5.41) is 0. The van der Waals surface area contributed by atoms with Gasteiger partial charge in [-0.25, -0.2) is 0 Å². The van der Waals surface area contributed by atoms with Crippen LogP contribution in [0.2, 0.25) is 0 Å². The molecule has 0 saturated heterocycles. The summed E-state index contributed by atoms with van der Waals surface area (Å²) in [6.07, 6.45) is 4.59.